The molecular weight excluding hydrogens is 188 g/mol. The molecule has 1 fully saturated rings. The molecule has 0 amide bonds. The third-order valence-electron chi connectivity index (χ3n) is 3.49. The van der Waals surface area contributed by atoms with Crippen molar-refractivity contribution in [3.8, 4) is 0 Å². The van der Waals surface area contributed by atoms with Crippen LogP contribution in [-0.2, 0) is 0 Å². The lowest BCUT2D eigenvalue weighted by Crippen LogP contribution is -2.40. The minimum absolute atomic E-state index is 0.252. The van der Waals surface area contributed by atoms with Gasteiger partial charge in [-0.05, 0) is 37.9 Å². The molecule has 90 valence electrons. The molecule has 0 aromatic heterocycles. The van der Waals surface area contributed by atoms with E-state index >= 15 is 0 Å². The standard InChI is InChI=1S/C12H26N2O/c1-4-14-6-5-11(8-14)7-13-12(9-15)10(2)3/h10-13,15H,4-9H2,1-3H3. The van der Waals surface area contributed by atoms with Gasteiger partial charge in [0.1, 0.15) is 0 Å². The number of nitrogens with one attached hydrogen (secondary N) is 1. The van der Waals surface area contributed by atoms with Crippen LogP contribution < -0.4 is 5.32 Å². The van der Waals surface area contributed by atoms with Gasteiger partial charge in [-0.2, -0.15) is 0 Å². The summed E-state index contributed by atoms with van der Waals surface area (Å²) in [6, 6.07) is 0.265. The number of hydrogen-bond donors (Lipinski definition) is 2. The van der Waals surface area contributed by atoms with Crippen LogP contribution in [-0.4, -0.2) is 48.8 Å². The van der Waals surface area contributed by atoms with E-state index in [0.717, 1.165) is 12.5 Å². The third kappa shape index (κ3) is 4.09. The molecule has 2 unspecified atom stereocenters. The second-order valence-corrected chi connectivity index (χ2v) is 4.99. The van der Waals surface area contributed by atoms with Gasteiger partial charge in [-0.3, -0.25) is 0 Å². The summed E-state index contributed by atoms with van der Waals surface area (Å²) in [5.41, 5.74) is 0. The van der Waals surface area contributed by atoms with Crippen molar-refractivity contribution >= 4 is 0 Å². The van der Waals surface area contributed by atoms with Crippen molar-refractivity contribution in [1.82, 2.24) is 10.2 Å². The molecule has 3 heteroatoms. The van der Waals surface area contributed by atoms with E-state index in [2.05, 4.69) is 31.0 Å². The normalized spacial score (nSPS) is 25.0. The van der Waals surface area contributed by atoms with E-state index < -0.39 is 0 Å². The molecule has 0 bridgehead atoms. The van der Waals surface area contributed by atoms with Crippen LogP contribution in [0.3, 0.4) is 0 Å². The number of likely N-dealkylation sites (tertiary alicyclic amines) is 1. The highest BCUT2D eigenvalue weighted by atomic mass is 16.3. The van der Waals surface area contributed by atoms with Crippen molar-refractivity contribution < 1.29 is 5.11 Å². The number of aliphatic hydroxyl groups excluding tert-OH is 1. The number of nitrogens with zero attached hydrogens (tertiary/aromatic N) is 1. The van der Waals surface area contributed by atoms with Gasteiger partial charge in [0.05, 0.1) is 6.61 Å². The van der Waals surface area contributed by atoms with Crippen molar-refractivity contribution in [2.75, 3.05) is 32.8 Å². The lowest BCUT2D eigenvalue weighted by Gasteiger charge is -2.22. The summed E-state index contributed by atoms with van der Waals surface area (Å²) in [5.74, 6) is 1.29. The van der Waals surface area contributed by atoms with E-state index in [1.165, 1.54) is 26.1 Å². The first-order chi connectivity index (χ1) is 7.17. The van der Waals surface area contributed by atoms with Gasteiger partial charge in [0.2, 0.25) is 0 Å². The fraction of sp³-hybridized carbons (Fsp3) is 1.00. The molecule has 0 aromatic rings. The maximum atomic E-state index is 9.20. The predicted molar refractivity (Wildman–Crippen MR) is 63.9 cm³/mol. The summed E-state index contributed by atoms with van der Waals surface area (Å²) < 4.78 is 0. The van der Waals surface area contributed by atoms with Gasteiger partial charge in [-0.1, -0.05) is 20.8 Å². The van der Waals surface area contributed by atoms with Crippen molar-refractivity contribution in [1.29, 1.82) is 0 Å². The van der Waals surface area contributed by atoms with Crippen molar-refractivity contribution in [2.45, 2.75) is 33.2 Å². The Bertz CT molecular complexity index is 173. The molecule has 15 heavy (non-hydrogen) atoms. The maximum Gasteiger partial charge on any atom is 0.0587 e. The fourth-order valence-corrected chi connectivity index (χ4v) is 2.20. The number of rotatable bonds is 6. The zero-order chi connectivity index (χ0) is 11.3. The van der Waals surface area contributed by atoms with Gasteiger partial charge in [0, 0.05) is 12.6 Å². The fourth-order valence-electron chi connectivity index (χ4n) is 2.20. The third-order valence-corrected chi connectivity index (χ3v) is 3.49. The molecule has 2 atom stereocenters. The highest BCUT2D eigenvalue weighted by Crippen LogP contribution is 2.15. The average Bonchev–Trinajstić information content (AvgIpc) is 2.66. The molecule has 3 nitrogen and oxygen atoms in total. The van der Waals surface area contributed by atoms with Gasteiger partial charge in [-0.25, -0.2) is 0 Å². The Morgan fingerprint density at radius 3 is 2.67 bits per heavy atom. The van der Waals surface area contributed by atoms with Crippen LogP contribution in [0.4, 0.5) is 0 Å². The molecule has 1 aliphatic rings. The molecule has 1 aliphatic heterocycles. The predicted octanol–water partition coefficient (Wildman–Crippen LogP) is 0.935. The molecule has 0 radical (unpaired) electrons. The first-order valence-corrected chi connectivity index (χ1v) is 6.24. The van der Waals surface area contributed by atoms with Crippen LogP contribution in [0.1, 0.15) is 27.2 Å². The first-order valence-electron chi connectivity index (χ1n) is 6.24. The van der Waals surface area contributed by atoms with E-state index in [9.17, 15) is 5.11 Å². The molecule has 1 rings (SSSR count). The van der Waals surface area contributed by atoms with E-state index in [1.807, 2.05) is 0 Å². The van der Waals surface area contributed by atoms with Gasteiger partial charge in [0.25, 0.3) is 0 Å². The molecule has 2 N–H and O–H groups in total. The summed E-state index contributed by atoms with van der Waals surface area (Å²) in [6.07, 6.45) is 1.30. The van der Waals surface area contributed by atoms with Crippen molar-refractivity contribution in [3.63, 3.8) is 0 Å². The van der Waals surface area contributed by atoms with E-state index in [4.69, 9.17) is 0 Å². The van der Waals surface area contributed by atoms with Crippen molar-refractivity contribution in [2.24, 2.45) is 11.8 Å². The first kappa shape index (κ1) is 12.9. The Labute approximate surface area is 93.9 Å². The maximum absolute atomic E-state index is 9.20. The Morgan fingerprint density at radius 2 is 2.20 bits per heavy atom. The van der Waals surface area contributed by atoms with E-state index in [1.54, 1.807) is 0 Å². The van der Waals surface area contributed by atoms with E-state index in [-0.39, 0.29) is 12.6 Å². The Hall–Kier alpha value is -0.120. The van der Waals surface area contributed by atoms with Gasteiger partial charge in [0.15, 0.2) is 0 Å². The van der Waals surface area contributed by atoms with Crippen LogP contribution in [0.5, 0.6) is 0 Å². The SMILES string of the molecule is CCN1CCC(CNC(CO)C(C)C)C1. The molecule has 1 saturated heterocycles. The lowest BCUT2D eigenvalue weighted by molar-refractivity contribution is 0.205. The smallest absolute Gasteiger partial charge is 0.0587 e. The average molecular weight is 214 g/mol. The van der Waals surface area contributed by atoms with Crippen LogP contribution in [0, 0.1) is 11.8 Å². The zero-order valence-electron chi connectivity index (χ0n) is 10.4. The highest BCUT2D eigenvalue weighted by Gasteiger charge is 2.22. The zero-order valence-corrected chi connectivity index (χ0v) is 10.4. The van der Waals surface area contributed by atoms with Crippen LogP contribution >= 0.6 is 0 Å². The topological polar surface area (TPSA) is 35.5 Å². The van der Waals surface area contributed by atoms with Crippen molar-refractivity contribution in [3.05, 3.63) is 0 Å². The number of hydrogen-bond acceptors (Lipinski definition) is 3. The van der Waals surface area contributed by atoms with Crippen LogP contribution in [0.15, 0.2) is 0 Å². The lowest BCUT2D eigenvalue weighted by atomic mass is 10.0. The molecule has 0 aliphatic carbocycles. The molecule has 0 saturated carbocycles. The minimum atomic E-state index is 0.252. The summed E-state index contributed by atoms with van der Waals surface area (Å²) in [5, 5.41) is 12.7. The molecule has 0 aromatic carbocycles. The number of aliphatic hydroxyl groups is 1. The quantitative estimate of drug-likeness (QED) is 0.690. The second kappa shape index (κ2) is 6.46. The van der Waals surface area contributed by atoms with Gasteiger partial charge in [-0.15, -0.1) is 0 Å². The summed E-state index contributed by atoms with van der Waals surface area (Å²) in [7, 11) is 0. The molecule has 0 spiro atoms. The Balaban J connectivity index is 2.19. The van der Waals surface area contributed by atoms with Crippen LogP contribution in [0.2, 0.25) is 0 Å². The Morgan fingerprint density at radius 1 is 1.47 bits per heavy atom. The minimum Gasteiger partial charge on any atom is -0.395 e. The monoisotopic (exact) mass is 214 g/mol. The van der Waals surface area contributed by atoms with Crippen LogP contribution in [0.25, 0.3) is 0 Å². The van der Waals surface area contributed by atoms with Gasteiger partial charge >= 0.3 is 0 Å². The summed E-state index contributed by atoms with van der Waals surface area (Å²) >= 11 is 0. The largest absolute Gasteiger partial charge is 0.395 e. The van der Waals surface area contributed by atoms with Gasteiger partial charge < -0.3 is 15.3 Å². The summed E-state index contributed by atoms with van der Waals surface area (Å²) in [6.45, 7) is 11.5. The second-order valence-electron chi connectivity index (χ2n) is 4.99. The molecule has 1 heterocycles. The highest BCUT2D eigenvalue weighted by molar-refractivity contribution is 4.78. The molecular formula is C12H26N2O. The van der Waals surface area contributed by atoms with E-state index in [0.29, 0.717) is 5.92 Å². The Kier molecular flexibility index (Phi) is 5.58. The summed E-state index contributed by atoms with van der Waals surface area (Å²) in [4.78, 5) is 2.50.